The van der Waals surface area contributed by atoms with Gasteiger partial charge in [-0.1, -0.05) is 6.58 Å². The third kappa shape index (κ3) is 2.91. The molecule has 2 N–H and O–H groups in total. The quantitative estimate of drug-likeness (QED) is 0.470. The molecule has 0 saturated carbocycles. The van der Waals surface area contributed by atoms with Crippen molar-refractivity contribution in [1.82, 2.24) is 0 Å². The van der Waals surface area contributed by atoms with Crippen molar-refractivity contribution in [1.29, 1.82) is 0 Å². The van der Waals surface area contributed by atoms with Crippen LogP contribution < -0.4 is 19.9 Å². The van der Waals surface area contributed by atoms with Crippen LogP contribution in [0.3, 0.4) is 0 Å². The number of benzene rings is 1. The van der Waals surface area contributed by atoms with Crippen LogP contribution in [0.4, 0.5) is 0 Å². The summed E-state index contributed by atoms with van der Waals surface area (Å²) in [5.74, 6) is 0.623. The SMILES string of the molecule is C=C(N)C(=O)Oc1cc(OC)cc(OC)c1. The first-order valence-electron chi connectivity index (χ1n) is 4.46. The normalized spacial score (nSPS) is 9.38. The summed E-state index contributed by atoms with van der Waals surface area (Å²) in [4.78, 5) is 11.2. The average molecular weight is 223 g/mol. The zero-order chi connectivity index (χ0) is 12.1. The maximum absolute atomic E-state index is 11.2. The van der Waals surface area contributed by atoms with E-state index in [1.54, 1.807) is 18.2 Å². The first kappa shape index (κ1) is 11.9. The summed E-state index contributed by atoms with van der Waals surface area (Å²) in [5, 5.41) is 0. The standard InChI is InChI=1S/C11H13NO4/c1-7(12)11(13)16-10-5-8(14-2)4-9(6-10)15-3/h4-6H,1,12H2,2-3H3. The molecular formula is C11H13NO4. The molecule has 0 aromatic heterocycles. The Morgan fingerprint density at radius 3 is 1.94 bits per heavy atom. The van der Waals surface area contributed by atoms with Crippen LogP contribution in [0.25, 0.3) is 0 Å². The number of carbonyl (C=O) groups excluding carboxylic acids is 1. The summed E-state index contributed by atoms with van der Waals surface area (Å²) in [6, 6.07) is 4.75. The van der Waals surface area contributed by atoms with Crippen molar-refractivity contribution in [3.63, 3.8) is 0 Å². The summed E-state index contributed by atoms with van der Waals surface area (Å²) in [5.41, 5.74) is 5.03. The fourth-order valence-corrected chi connectivity index (χ4v) is 1.01. The lowest BCUT2D eigenvalue weighted by Gasteiger charge is -2.08. The Hall–Kier alpha value is -2.17. The minimum Gasteiger partial charge on any atom is -0.496 e. The minimum atomic E-state index is -0.699. The van der Waals surface area contributed by atoms with Crippen LogP contribution in [0, 0.1) is 0 Å². The smallest absolute Gasteiger partial charge is 0.358 e. The number of hydrogen-bond donors (Lipinski definition) is 1. The monoisotopic (exact) mass is 223 g/mol. The largest absolute Gasteiger partial charge is 0.496 e. The summed E-state index contributed by atoms with van der Waals surface area (Å²) in [7, 11) is 3.00. The number of carbonyl (C=O) groups is 1. The van der Waals surface area contributed by atoms with E-state index in [0.29, 0.717) is 11.5 Å². The molecule has 0 aliphatic carbocycles. The van der Waals surface area contributed by atoms with Crippen LogP contribution in [-0.4, -0.2) is 20.2 Å². The van der Waals surface area contributed by atoms with E-state index in [4.69, 9.17) is 19.9 Å². The van der Waals surface area contributed by atoms with Crippen molar-refractivity contribution in [2.24, 2.45) is 5.73 Å². The van der Waals surface area contributed by atoms with Crippen molar-refractivity contribution in [2.45, 2.75) is 0 Å². The predicted octanol–water partition coefficient (Wildman–Crippen LogP) is 1.08. The molecule has 0 fully saturated rings. The van der Waals surface area contributed by atoms with Crippen molar-refractivity contribution >= 4 is 5.97 Å². The molecule has 1 rings (SSSR count). The summed E-state index contributed by atoms with van der Waals surface area (Å²) in [6.45, 7) is 3.28. The highest BCUT2D eigenvalue weighted by atomic mass is 16.5. The lowest BCUT2D eigenvalue weighted by Crippen LogP contribution is -2.16. The number of ether oxygens (including phenoxy) is 3. The number of nitrogens with two attached hydrogens (primary N) is 1. The molecule has 0 radical (unpaired) electrons. The summed E-state index contributed by atoms with van der Waals surface area (Å²) >= 11 is 0. The molecule has 5 nitrogen and oxygen atoms in total. The van der Waals surface area contributed by atoms with Crippen LogP contribution in [0.5, 0.6) is 17.2 Å². The van der Waals surface area contributed by atoms with Gasteiger partial charge in [-0.05, 0) is 0 Å². The Kier molecular flexibility index (Phi) is 3.77. The lowest BCUT2D eigenvalue weighted by molar-refractivity contribution is -0.130. The molecule has 86 valence electrons. The summed E-state index contributed by atoms with van der Waals surface area (Å²) in [6.07, 6.45) is 0. The molecule has 0 spiro atoms. The first-order valence-corrected chi connectivity index (χ1v) is 4.46. The van der Waals surface area contributed by atoms with E-state index < -0.39 is 5.97 Å². The van der Waals surface area contributed by atoms with Crippen molar-refractivity contribution in [3.05, 3.63) is 30.5 Å². The highest BCUT2D eigenvalue weighted by Gasteiger charge is 2.09. The molecular weight excluding hydrogens is 210 g/mol. The number of methoxy groups -OCH3 is 2. The molecule has 0 bridgehead atoms. The lowest BCUT2D eigenvalue weighted by atomic mass is 10.3. The van der Waals surface area contributed by atoms with E-state index in [1.807, 2.05) is 0 Å². The van der Waals surface area contributed by atoms with Crippen LogP contribution in [0.1, 0.15) is 0 Å². The van der Waals surface area contributed by atoms with Gasteiger partial charge in [0.1, 0.15) is 22.9 Å². The van der Waals surface area contributed by atoms with Crippen LogP contribution in [0.2, 0.25) is 0 Å². The van der Waals surface area contributed by atoms with Gasteiger partial charge in [0.2, 0.25) is 0 Å². The van der Waals surface area contributed by atoms with Gasteiger partial charge in [-0.2, -0.15) is 0 Å². The Morgan fingerprint density at radius 2 is 1.56 bits per heavy atom. The van der Waals surface area contributed by atoms with Gasteiger partial charge < -0.3 is 19.9 Å². The molecule has 0 amide bonds. The van der Waals surface area contributed by atoms with Gasteiger partial charge in [0.15, 0.2) is 0 Å². The van der Waals surface area contributed by atoms with E-state index in [9.17, 15) is 4.79 Å². The highest BCUT2D eigenvalue weighted by molar-refractivity contribution is 5.88. The van der Waals surface area contributed by atoms with Crippen molar-refractivity contribution in [2.75, 3.05) is 14.2 Å². The molecule has 0 aliphatic heterocycles. The fraction of sp³-hybridized carbons (Fsp3) is 0.182. The van der Waals surface area contributed by atoms with Gasteiger partial charge in [0.05, 0.1) is 14.2 Å². The van der Waals surface area contributed by atoms with Crippen LogP contribution in [0.15, 0.2) is 30.5 Å². The Labute approximate surface area is 93.4 Å². The molecule has 16 heavy (non-hydrogen) atoms. The van der Waals surface area contributed by atoms with E-state index in [1.165, 1.54) is 14.2 Å². The van der Waals surface area contributed by atoms with Gasteiger partial charge in [0, 0.05) is 18.2 Å². The van der Waals surface area contributed by atoms with Gasteiger partial charge in [-0.3, -0.25) is 0 Å². The van der Waals surface area contributed by atoms with Gasteiger partial charge in [0.25, 0.3) is 0 Å². The number of hydrogen-bond acceptors (Lipinski definition) is 5. The van der Waals surface area contributed by atoms with Gasteiger partial charge >= 0.3 is 5.97 Å². The van der Waals surface area contributed by atoms with Gasteiger partial charge in [-0.15, -0.1) is 0 Å². The van der Waals surface area contributed by atoms with Crippen LogP contribution >= 0.6 is 0 Å². The number of esters is 1. The predicted molar refractivity (Wildman–Crippen MR) is 58.5 cm³/mol. The maximum atomic E-state index is 11.2. The van der Waals surface area contributed by atoms with E-state index in [-0.39, 0.29) is 11.4 Å². The first-order chi connectivity index (χ1) is 7.56. The molecule has 1 aromatic carbocycles. The fourth-order valence-electron chi connectivity index (χ4n) is 1.01. The molecule has 5 heteroatoms. The Morgan fingerprint density at radius 1 is 1.12 bits per heavy atom. The van der Waals surface area contributed by atoms with E-state index in [2.05, 4.69) is 6.58 Å². The minimum absolute atomic E-state index is 0.165. The van der Waals surface area contributed by atoms with Gasteiger partial charge in [-0.25, -0.2) is 4.79 Å². The topological polar surface area (TPSA) is 70.8 Å². The second-order valence-corrected chi connectivity index (χ2v) is 2.96. The maximum Gasteiger partial charge on any atom is 0.358 e. The van der Waals surface area contributed by atoms with Crippen LogP contribution in [-0.2, 0) is 4.79 Å². The molecule has 0 unspecified atom stereocenters. The third-order valence-corrected chi connectivity index (χ3v) is 1.80. The molecule has 0 atom stereocenters. The second-order valence-electron chi connectivity index (χ2n) is 2.96. The molecule has 0 saturated heterocycles. The molecule has 0 aliphatic rings. The molecule has 0 heterocycles. The molecule has 1 aromatic rings. The zero-order valence-electron chi connectivity index (χ0n) is 9.15. The third-order valence-electron chi connectivity index (χ3n) is 1.80. The van der Waals surface area contributed by atoms with E-state index in [0.717, 1.165) is 0 Å². The van der Waals surface area contributed by atoms with Crippen molar-refractivity contribution in [3.8, 4) is 17.2 Å². The summed E-state index contributed by atoms with van der Waals surface area (Å²) < 4.78 is 15.0. The Bertz CT molecular complexity index is 392. The average Bonchev–Trinajstić information content (AvgIpc) is 2.28. The van der Waals surface area contributed by atoms with Crippen molar-refractivity contribution < 1.29 is 19.0 Å². The second kappa shape index (κ2) is 5.06. The highest BCUT2D eigenvalue weighted by Crippen LogP contribution is 2.27. The number of rotatable bonds is 4. The Balaban J connectivity index is 2.95. The van der Waals surface area contributed by atoms with E-state index >= 15 is 0 Å². The zero-order valence-corrected chi connectivity index (χ0v) is 9.15.